The number of carbonyl (C=O) groups excluding carboxylic acids is 1. The zero-order valence-electron chi connectivity index (χ0n) is 13.8. The molecule has 8 nitrogen and oxygen atoms in total. The molecule has 0 fully saturated rings. The smallest absolute Gasteiger partial charge is 0.408 e. The van der Waals surface area contributed by atoms with Gasteiger partial charge in [0.25, 0.3) is 0 Å². The van der Waals surface area contributed by atoms with Gasteiger partial charge in [0.05, 0.1) is 0 Å². The lowest BCUT2D eigenvalue weighted by molar-refractivity contribution is -0.141. The summed E-state index contributed by atoms with van der Waals surface area (Å²) >= 11 is 0. The Morgan fingerprint density at radius 3 is 2.04 bits per heavy atom. The second kappa shape index (κ2) is 8.19. The van der Waals surface area contributed by atoms with Gasteiger partial charge in [0.2, 0.25) is 0 Å². The van der Waals surface area contributed by atoms with Crippen molar-refractivity contribution >= 4 is 23.7 Å². The molecule has 0 saturated carbocycles. The standard InChI is InChI=1S/C16H22N2O6/c1-16(2,3)24-15(23)18-12(14(21)22)9-11(13(19)20)17-10-7-5-4-6-8-10/h4-8,11-12,17H,9H2,1-3H3,(H,18,23)(H,19,20)(H,21,22)/t11?,12-/m1/s1. The molecule has 1 rings (SSSR count). The van der Waals surface area contributed by atoms with E-state index in [9.17, 15) is 24.6 Å². The molecule has 0 aromatic heterocycles. The lowest BCUT2D eigenvalue weighted by Gasteiger charge is -2.24. The second-order valence-electron chi connectivity index (χ2n) is 6.17. The first-order valence-corrected chi connectivity index (χ1v) is 7.35. The van der Waals surface area contributed by atoms with Crippen LogP contribution >= 0.6 is 0 Å². The van der Waals surface area contributed by atoms with E-state index in [0.29, 0.717) is 5.69 Å². The van der Waals surface area contributed by atoms with Crippen LogP contribution in [0.1, 0.15) is 27.2 Å². The Bertz CT molecular complexity index is 582. The van der Waals surface area contributed by atoms with Crippen molar-refractivity contribution < 1.29 is 29.3 Å². The van der Waals surface area contributed by atoms with E-state index in [1.807, 2.05) is 0 Å². The van der Waals surface area contributed by atoms with Crippen molar-refractivity contribution in [1.82, 2.24) is 5.32 Å². The van der Waals surface area contributed by atoms with Crippen LogP contribution in [0.15, 0.2) is 30.3 Å². The molecule has 132 valence electrons. The number of amides is 1. The highest BCUT2D eigenvalue weighted by Crippen LogP contribution is 2.12. The number of aliphatic carboxylic acids is 2. The second-order valence-corrected chi connectivity index (χ2v) is 6.17. The molecule has 0 saturated heterocycles. The van der Waals surface area contributed by atoms with E-state index in [2.05, 4.69) is 10.6 Å². The number of para-hydroxylation sites is 1. The average molecular weight is 338 g/mol. The van der Waals surface area contributed by atoms with Gasteiger partial charge in [-0.15, -0.1) is 0 Å². The van der Waals surface area contributed by atoms with E-state index in [1.54, 1.807) is 51.1 Å². The molecule has 0 aliphatic carbocycles. The third-order valence-corrected chi connectivity index (χ3v) is 2.87. The monoisotopic (exact) mass is 338 g/mol. The SMILES string of the molecule is CC(C)(C)OC(=O)N[C@H](CC(Nc1ccccc1)C(=O)O)C(=O)O. The summed E-state index contributed by atoms with van der Waals surface area (Å²) in [6, 6.07) is 5.93. The van der Waals surface area contributed by atoms with E-state index < -0.39 is 35.7 Å². The number of benzene rings is 1. The Morgan fingerprint density at radius 2 is 1.58 bits per heavy atom. The summed E-state index contributed by atoms with van der Waals surface area (Å²) in [4.78, 5) is 34.4. The number of hydrogen-bond donors (Lipinski definition) is 4. The molecule has 4 N–H and O–H groups in total. The van der Waals surface area contributed by atoms with Gasteiger partial charge in [-0.1, -0.05) is 18.2 Å². The molecule has 0 radical (unpaired) electrons. The van der Waals surface area contributed by atoms with Crippen molar-refractivity contribution in [3.63, 3.8) is 0 Å². The predicted octanol–water partition coefficient (Wildman–Crippen LogP) is 1.92. The number of carboxylic acid groups (broad SMARTS) is 2. The number of anilines is 1. The van der Waals surface area contributed by atoms with E-state index in [1.165, 1.54) is 0 Å². The molecule has 0 spiro atoms. The third-order valence-electron chi connectivity index (χ3n) is 2.87. The van der Waals surface area contributed by atoms with Gasteiger partial charge < -0.3 is 25.6 Å². The third kappa shape index (κ3) is 6.99. The number of ether oxygens (including phenoxy) is 1. The molecule has 0 bridgehead atoms. The number of carboxylic acids is 2. The summed E-state index contributed by atoms with van der Waals surface area (Å²) in [6.07, 6.45) is -1.27. The summed E-state index contributed by atoms with van der Waals surface area (Å²) < 4.78 is 5.00. The van der Waals surface area contributed by atoms with Gasteiger partial charge in [-0.3, -0.25) is 0 Å². The molecule has 1 unspecified atom stereocenters. The van der Waals surface area contributed by atoms with E-state index in [0.717, 1.165) is 0 Å². The van der Waals surface area contributed by atoms with Gasteiger partial charge >= 0.3 is 18.0 Å². The van der Waals surface area contributed by atoms with Gasteiger partial charge in [-0.2, -0.15) is 0 Å². The van der Waals surface area contributed by atoms with E-state index in [4.69, 9.17) is 4.74 Å². The molecule has 2 atom stereocenters. The molecule has 1 aromatic rings. The largest absolute Gasteiger partial charge is 0.480 e. The quantitative estimate of drug-likeness (QED) is 0.598. The van der Waals surface area contributed by atoms with Gasteiger partial charge in [0.15, 0.2) is 0 Å². The van der Waals surface area contributed by atoms with Crippen LogP contribution in [0.3, 0.4) is 0 Å². The molecular weight excluding hydrogens is 316 g/mol. The average Bonchev–Trinajstić information content (AvgIpc) is 2.44. The number of alkyl carbamates (subject to hydrolysis) is 1. The van der Waals surface area contributed by atoms with Crippen LogP contribution in [0.25, 0.3) is 0 Å². The summed E-state index contributed by atoms with van der Waals surface area (Å²) in [7, 11) is 0. The number of carbonyl (C=O) groups is 3. The molecule has 0 aliphatic rings. The van der Waals surface area contributed by atoms with Crippen LogP contribution in [0.5, 0.6) is 0 Å². The van der Waals surface area contributed by atoms with Gasteiger partial charge in [0, 0.05) is 12.1 Å². The minimum Gasteiger partial charge on any atom is -0.480 e. The molecule has 24 heavy (non-hydrogen) atoms. The zero-order chi connectivity index (χ0) is 18.3. The highest BCUT2D eigenvalue weighted by Gasteiger charge is 2.29. The van der Waals surface area contributed by atoms with Gasteiger partial charge in [-0.05, 0) is 32.9 Å². The zero-order valence-corrected chi connectivity index (χ0v) is 13.8. The molecule has 0 heterocycles. The fraction of sp³-hybridized carbons (Fsp3) is 0.438. The summed E-state index contributed by atoms with van der Waals surface area (Å²) in [5.74, 6) is -2.57. The van der Waals surface area contributed by atoms with E-state index in [-0.39, 0.29) is 6.42 Å². The number of rotatable bonds is 7. The lowest BCUT2D eigenvalue weighted by atomic mass is 10.1. The van der Waals surface area contributed by atoms with Crippen molar-refractivity contribution in [1.29, 1.82) is 0 Å². The topological polar surface area (TPSA) is 125 Å². The summed E-state index contributed by atoms with van der Waals surface area (Å²) in [6.45, 7) is 4.91. The highest BCUT2D eigenvalue weighted by atomic mass is 16.6. The van der Waals surface area contributed by atoms with Crippen molar-refractivity contribution in [2.24, 2.45) is 0 Å². The first-order chi connectivity index (χ1) is 11.1. The highest BCUT2D eigenvalue weighted by molar-refractivity contribution is 5.83. The van der Waals surface area contributed by atoms with Crippen LogP contribution in [0.2, 0.25) is 0 Å². The Labute approximate surface area is 139 Å². The minimum absolute atomic E-state index is 0.348. The van der Waals surface area contributed by atoms with Crippen LogP contribution in [-0.4, -0.2) is 45.9 Å². The molecule has 0 aliphatic heterocycles. The fourth-order valence-electron chi connectivity index (χ4n) is 1.86. The van der Waals surface area contributed by atoms with Gasteiger partial charge in [-0.25, -0.2) is 14.4 Å². The molecule has 1 amide bonds. The predicted molar refractivity (Wildman–Crippen MR) is 86.9 cm³/mol. The maximum atomic E-state index is 11.7. The maximum absolute atomic E-state index is 11.7. The molecular formula is C16H22N2O6. The van der Waals surface area contributed by atoms with Crippen molar-refractivity contribution in [2.45, 2.75) is 44.9 Å². The first kappa shape index (κ1) is 19.3. The summed E-state index contributed by atoms with van der Waals surface area (Å²) in [5, 5.41) is 23.4. The van der Waals surface area contributed by atoms with Crippen LogP contribution in [0, 0.1) is 0 Å². The fourth-order valence-corrected chi connectivity index (χ4v) is 1.86. The summed E-state index contributed by atoms with van der Waals surface area (Å²) in [5.41, 5.74) is -0.256. The lowest BCUT2D eigenvalue weighted by Crippen LogP contribution is -2.47. The molecule has 1 aromatic carbocycles. The molecule has 8 heteroatoms. The van der Waals surface area contributed by atoms with E-state index >= 15 is 0 Å². The van der Waals surface area contributed by atoms with Crippen LogP contribution in [-0.2, 0) is 14.3 Å². The Morgan fingerprint density at radius 1 is 1.04 bits per heavy atom. The Balaban J connectivity index is 2.77. The van der Waals surface area contributed by atoms with Gasteiger partial charge in [0.1, 0.15) is 17.7 Å². The van der Waals surface area contributed by atoms with Crippen LogP contribution in [0.4, 0.5) is 10.5 Å². The maximum Gasteiger partial charge on any atom is 0.408 e. The van der Waals surface area contributed by atoms with Crippen LogP contribution < -0.4 is 10.6 Å². The Kier molecular flexibility index (Phi) is 6.58. The Hall–Kier alpha value is -2.77. The van der Waals surface area contributed by atoms with Crippen molar-refractivity contribution in [3.8, 4) is 0 Å². The minimum atomic E-state index is -1.41. The number of nitrogens with one attached hydrogen (secondary N) is 2. The van der Waals surface area contributed by atoms with Crippen molar-refractivity contribution in [2.75, 3.05) is 5.32 Å². The van der Waals surface area contributed by atoms with Crippen molar-refractivity contribution in [3.05, 3.63) is 30.3 Å². The number of hydrogen-bond acceptors (Lipinski definition) is 5. The first-order valence-electron chi connectivity index (χ1n) is 7.35. The normalized spacial score (nSPS) is 13.5.